The van der Waals surface area contributed by atoms with Crippen LogP contribution in [0.4, 0.5) is 0 Å². The van der Waals surface area contributed by atoms with Crippen molar-refractivity contribution in [2.45, 2.75) is 13.0 Å². The minimum Gasteiger partial charge on any atom is -0.348 e. The minimum atomic E-state index is 0. The van der Waals surface area contributed by atoms with Crippen molar-refractivity contribution in [1.82, 2.24) is 9.97 Å². The highest BCUT2D eigenvalue weighted by Gasteiger charge is 2.13. The van der Waals surface area contributed by atoms with Gasteiger partial charge >= 0.3 is 0 Å². The summed E-state index contributed by atoms with van der Waals surface area (Å²) in [5.41, 5.74) is 10.2. The molecular weight excluding hydrogens is 353 g/mol. The lowest BCUT2D eigenvalue weighted by Gasteiger charge is -2.14. The molecule has 3 rings (SSSR count). The van der Waals surface area contributed by atoms with Gasteiger partial charge in [0.1, 0.15) is 5.82 Å². The van der Waals surface area contributed by atoms with Gasteiger partial charge in [0.2, 0.25) is 0 Å². The van der Waals surface area contributed by atoms with Crippen LogP contribution in [-0.2, 0) is 13.0 Å². The summed E-state index contributed by atoms with van der Waals surface area (Å²) in [6.07, 6.45) is 4.27. The van der Waals surface area contributed by atoms with E-state index in [0.717, 1.165) is 28.1 Å². The third kappa shape index (κ3) is 3.88. The zero-order valence-corrected chi connectivity index (χ0v) is 14.6. The van der Waals surface area contributed by atoms with Crippen LogP contribution >= 0.6 is 35.6 Å². The number of H-pyrrole nitrogens is 1. The monoisotopic (exact) mass is 367 g/mol. The highest BCUT2D eigenvalue weighted by atomic mass is 35.5. The van der Waals surface area contributed by atoms with Crippen molar-refractivity contribution < 1.29 is 0 Å². The molecule has 120 valence electrons. The molecule has 0 amide bonds. The second-order valence-electron chi connectivity index (χ2n) is 4.98. The summed E-state index contributed by atoms with van der Waals surface area (Å²) in [6.45, 7) is 0.436. The summed E-state index contributed by atoms with van der Waals surface area (Å²) in [6, 6.07) is 11.6. The average Bonchev–Trinajstić information content (AvgIpc) is 3.00. The van der Waals surface area contributed by atoms with E-state index < -0.39 is 0 Å². The molecule has 0 spiro atoms. The topological polar surface area (TPSA) is 54.7 Å². The molecule has 1 aromatic heterocycles. The maximum absolute atomic E-state index is 6.34. The van der Waals surface area contributed by atoms with E-state index in [4.69, 9.17) is 28.9 Å². The van der Waals surface area contributed by atoms with E-state index in [-0.39, 0.29) is 12.4 Å². The molecular formula is C17H16Cl3N3. The van der Waals surface area contributed by atoms with Crippen LogP contribution in [0.2, 0.25) is 10.0 Å². The van der Waals surface area contributed by atoms with Gasteiger partial charge in [0.05, 0.1) is 0 Å². The number of hydrogen-bond donors (Lipinski definition) is 2. The molecule has 3 N–H and O–H groups in total. The number of rotatable bonds is 4. The molecule has 0 aliphatic rings. The predicted octanol–water partition coefficient (Wildman–Crippen LogP) is 4.85. The third-order valence-electron chi connectivity index (χ3n) is 3.61. The van der Waals surface area contributed by atoms with Gasteiger partial charge in [-0.1, -0.05) is 47.5 Å². The van der Waals surface area contributed by atoms with Crippen molar-refractivity contribution >= 4 is 35.6 Å². The van der Waals surface area contributed by atoms with E-state index in [2.05, 4.69) is 16.0 Å². The van der Waals surface area contributed by atoms with Gasteiger partial charge in [-0.25, -0.2) is 4.98 Å². The van der Waals surface area contributed by atoms with Crippen LogP contribution in [0.25, 0.3) is 11.1 Å². The minimum absolute atomic E-state index is 0. The second kappa shape index (κ2) is 7.84. The van der Waals surface area contributed by atoms with Gasteiger partial charge in [0.15, 0.2) is 0 Å². The Kier molecular flexibility index (Phi) is 6.08. The fourth-order valence-electron chi connectivity index (χ4n) is 2.58. The SMILES string of the molecule is Cl.NCc1c(Cc2ncc[nH]2)cccc1-c1ccc(Cl)cc1Cl. The normalized spacial score (nSPS) is 10.4. The summed E-state index contributed by atoms with van der Waals surface area (Å²) in [4.78, 5) is 7.40. The molecule has 0 bridgehead atoms. The Morgan fingerprint density at radius 3 is 2.57 bits per heavy atom. The van der Waals surface area contributed by atoms with Gasteiger partial charge in [0.25, 0.3) is 0 Å². The molecule has 0 saturated heterocycles. The van der Waals surface area contributed by atoms with Gasteiger partial charge in [-0.15, -0.1) is 12.4 Å². The molecule has 0 aliphatic carbocycles. The molecule has 0 aliphatic heterocycles. The highest BCUT2D eigenvalue weighted by Crippen LogP contribution is 2.34. The molecule has 0 atom stereocenters. The number of hydrogen-bond acceptors (Lipinski definition) is 2. The first-order valence-corrected chi connectivity index (χ1v) is 7.69. The molecule has 0 radical (unpaired) electrons. The first-order chi connectivity index (χ1) is 10.7. The van der Waals surface area contributed by atoms with Crippen LogP contribution in [0.1, 0.15) is 17.0 Å². The second-order valence-corrected chi connectivity index (χ2v) is 5.83. The van der Waals surface area contributed by atoms with Crippen LogP contribution < -0.4 is 5.73 Å². The van der Waals surface area contributed by atoms with Crippen molar-refractivity contribution in [2.75, 3.05) is 0 Å². The fraction of sp³-hybridized carbons (Fsp3) is 0.118. The van der Waals surface area contributed by atoms with E-state index in [9.17, 15) is 0 Å². The Balaban J connectivity index is 0.00000192. The maximum atomic E-state index is 6.34. The zero-order valence-electron chi connectivity index (χ0n) is 12.2. The van der Waals surface area contributed by atoms with E-state index in [1.807, 2.05) is 30.5 Å². The summed E-state index contributed by atoms with van der Waals surface area (Å²) < 4.78 is 0. The van der Waals surface area contributed by atoms with Gasteiger partial charge in [-0.2, -0.15) is 0 Å². The quantitative estimate of drug-likeness (QED) is 0.691. The van der Waals surface area contributed by atoms with E-state index in [1.165, 1.54) is 0 Å². The predicted molar refractivity (Wildman–Crippen MR) is 98.4 cm³/mol. The Hall–Kier alpha value is -1.52. The van der Waals surface area contributed by atoms with Crippen LogP contribution in [0, 0.1) is 0 Å². The van der Waals surface area contributed by atoms with Crippen LogP contribution in [-0.4, -0.2) is 9.97 Å². The molecule has 6 heteroatoms. The maximum Gasteiger partial charge on any atom is 0.110 e. The number of benzene rings is 2. The smallest absolute Gasteiger partial charge is 0.110 e. The Morgan fingerprint density at radius 2 is 1.91 bits per heavy atom. The number of nitrogens with two attached hydrogens (primary N) is 1. The van der Waals surface area contributed by atoms with Crippen molar-refractivity contribution in [1.29, 1.82) is 0 Å². The number of aromatic nitrogens is 2. The average molecular weight is 369 g/mol. The van der Waals surface area contributed by atoms with E-state index >= 15 is 0 Å². The largest absolute Gasteiger partial charge is 0.348 e. The lowest BCUT2D eigenvalue weighted by atomic mass is 9.94. The van der Waals surface area contributed by atoms with Crippen molar-refractivity contribution in [3.63, 3.8) is 0 Å². The van der Waals surface area contributed by atoms with Gasteiger partial charge in [-0.3, -0.25) is 0 Å². The molecule has 0 unspecified atom stereocenters. The van der Waals surface area contributed by atoms with Gasteiger partial charge in [0, 0.05) is 41.0 Å². The number of nitrogens with one attached hydrogen (secondary N) is 1. The van der Waals surface area contributed by atoms with Crippen molar-refractivity contribution in [2.24, 2.45) is 5.73 Å². The van der Waals surface area contributed by atoms with Gasteiger partial charge in [-0.05, 0) is 28.8 Å². The number of aromatic amines is 1. The third-order valence-corrected chi connectivity index (χ3v) is 4.16. The van der Waals surface area contributed by atoms with E-state index in [1.54, 1.807) is 12.3 Å². The fourth-order valence-corrected chi connectivity index (χ4v) is 3.09. The Bertz CT molecular complexity index is 786. The van der Waals surface area contributed by atoms with Crippen LogP contribution in [0.3, 0.4) is 0 Å². The molecule has 0 saturated carbocycles. The van der Waals surface area contributed by atoms with Crippen LogP contribution in [0.5, 0.6) is 0 Å². The summed E-state index contributed by atoms with van der Waals surface area (Å²) in [5, 5.41) is 1.24. The molecule has 2 aromatic carbocycles. The number of halogens is 3. The molecule has 3 aromatic rings. The summed E-state index contributed by atoms with van der Waals surface area (Å²) in [5.74, 6) is 0.911. The number of imidazole rings is 1. The molecule has 23 heavy (non-hydrogen) atoms. The first kappa shape index (κ1) is 17.8. The first-order valence-electron chi connectivity index (χ1n) is 6.93. The number of nitrogens with zero attached hydrogens (tertiary/aromatic N) is 1. The van der Waals surface area contributed by atoms with Crippen LogP contribution in [0.15, 0.2) is 48.8 Å². The summed E-state index contributed by atoms with van der Waals surface area (Å²) in [7, 11) is 0. The van der Waals surface area contributed by atoms with Gasteiger partial charge < -0.3 is 10.7 Å². The van der Waals surface area contributed by atoms with E-state index in [0.29, 0.717) is 23.0 Å². The van der Waals surface area contributed by atoms with Crippen molar-refractivity contribution in [3.8, 4) is 11.1 Å². The molecule has 3 nitrogen and oxygen atoms in total. The standard InChI is InChI=1S/C17H15Cl2N3.ClH/c18-12-4-5-14(16(19)9-12)13-3-1-2-11(15(13)10-20)8-17-21-6-7-22-17;/h1-7,9H,8,10,20H2,(H,21,22);1H. The molecule has 1 heterocycles. The zero-order chi connectivity index (χ0) is 15.5. The molecule has 0 fully saturated rings. The Labute approximate surface area is 151 Å². The lowest BCUT2D eigenvalue weighted by Crippen LogP contribution is -2.05. The summed E-state index contributed by atoms with van der Waals surface area (Å²) >= 11 is 12.3. The Morgan fingerprint density at radius 1 is 1.09 bits per heavy atom. The highest BCUT2D eigenvalue weighted by molar-refractivity contribution is 6.36. The van der Waals surface area contributed by atoms with Crippen molar-refractivity contribution in [3.05, 3.63) is 75.8 Å². The lowest BCUT2D eigenvalue weighted by molar-refractivity contribution is 0.974.